The number of aromatic nitrogens is 5. The molecule has 8 heteroatoms. The van der Waals surface area contributed by atoms with Gasteiger partial charge in [0.05, 0.1) is 12.4 Å². The number of benzene rings is 4. The SMILES string of the molecule is [Pd+2].[c-]1c(-n2cccn2)ccc2c1N1B(c3ccccc3-2)c2ccccc2-c2ccc(-n3nccn3)[c-]c21. The van der Waals surface area contributed by atoms with E-state index in [1.165, 1.54) is 22.1 Å². The van der Waals surface area contributed by atoms with E-state index in [9.17, 15) is 0 Å². The van der Waals surface area contributed by atoms with Crippen LogP contribution in [0, 0.1) is 12.1 Å². The Morgan fingerprint density at radius 1 is 0.568 bits per heavy atom. The molecule has 0 aliphatic carbocycles. The third-order valence-electron chi connectivity index (χ3n) is 7.04. The first kappa shape index (κ1) is 22.0. The smallest absolute Gasteiger partial charge is 0.418 e. The predicted octanol–water partition coefficient (Wildman–Crippen LogP) is 3.96. The molecule has 2 aliphatic rings. The number of anilines is 2. The average Bonchev–Trinajstić information content (AvgIpc) is 3.67. The fourth-order valence-corrected chi connectivity index (χ4v) is 5.54. The second-order valence-electron chi connectivity index (χ2n) is 8.93. The third kappa shape index (κ3) is 3.20. The van der Waals surface area contributed by atoms with Gasteiger partial charge in [0.15, 0.2) is 0 Å². The quantitative estimate of drug-likeness (QED) is 0.235. The van der Waals surface area contributed by atoms with E-state index in [0.717, 1.165) is 33.9 Å². The van der Waals surface area contributed by atoms with E-state index in [4.69, 9.17) is 0 Å². The Morgan fingerprint density at radius 2 is 1.16 bits per heavy atom. The molecule has 4 heterocycles. The minimum absolute atomic E-state index is 0. The molecule has 0 saturated carbocycles. The molecular weight excluding hydrogens is 550 g/mol. The Labute approximate surface area is 227 Å². The summed E-state index contributed by atoms with van der Waals surface area (Å²) in [4.78, 5) is 3.98. The summed E-state index contributed by atoms with van der Waals surface area (Å²) in [6, 6.07) is 35.0. The Bertz CT molecular complexity index is 1630. The first-order chi connectivity index (χ1) is 17.9. The van der Waals surface area contributed by atoms with Gasteiger partial charge in [-0.15, -0.1) is 35.4 Å². The van der Waals surface area contributed by atoms with Crippen LogP contribution in [0.15, 0.2) is 104 Å². The summed E-state index contributed by atoms with van der Waals surface area (Å²) in [5.74, 6) is 0. The molecule has 0 amide bonds. The van der Waals surface area contributed by atoms with Crippen LogP contribution in [0.3, 0.4) is 0 Å². The van der Waals surface area contributed by atoms with Crippen molar-refractivity contribution >= 4 is 29.1 Å². The van der Waals surface area contributed by atoms with E-state index < -0.39 is 0 Å². The molecule has 176 valence electrons. The van der Waals surface area contributed by atoms with Crippen LogP contribution >= 0.6 is 0 Å². The third-order valence-corrected chi connectivity index (χ3v) is 7.04. The molecular formula is C29H17BN6Pd. The molecule has 2 aromatic heterocycles. The van der Waals surface area contributed by atoms with Gasteiger partial charge in [-0.05, 0) is 17.4 Å². The molecule has 0 saturated heterocycles. The summed E-state index contributed by atoms with van der Waals surface area (Å²) in [5, 5.41) is 13.1. The minimum atomic E-state index is -0.0152. The molecule has 6 aromatic rings. The summed E-state index contributed by atoms with van der Waals surface area (Å²) in [6.07, 6.45) is 7.10. The van der Waals surface area contributed by atoms with Crippen LogP contribution in [0.2, 0.25) is 0 Å². The van der Waals surface area contributed by atoms with Gasteiger partial charge >= 0.3 is 27.3 Å². The molecule has 2 aliphatic heterocycles. The monoisotopic (exact) mass is 566 g/mol. The van der Waals surface area contributed by atoms with Gasteiger partial charge in [-0.3, -0.25) is 4.68 Å². The van der Waals surface area contributed by atoms with E-state index in [-0.39, 0.29) is 27.3 Å². The van der Waals surface area contributed by atoms with Crippen molar-refractivity contribution in [1.82, 2.24) is 24.8 Å². The fraction of sp³-hybridized carbons (Fsp3) is 0. The van der Waals surface area contributed by atoms with Crippen LogP contribution in [-0.4, -0.2) is 31.6 Å². The first-order valence-corrected chi connectivity index (χ1v) is 11.8. The summed E-state index contributed by atoms with van der Waals surface area (Å²) in [5.41, 5.74) is 10.9. The second kappa shape index (κ2) is 8.41. The van der Waals surface area contributed by atoms with Gasteiger partial charge in [0.1, 0.15) is 0 Å². The molecule has 0 fully saturated rings. The van der Waals surface area contributed by atoms with Gasteiger partial charge in [-0.2, -0.15) is 32.2 Å². The molecule has 0 radical (unpaired) electrons. The van der Waals surface area contributed by atoms with E-state index >= 15 is 0 Å². The van der Waals surface area contributed by atoms with Crippen molar-refractivity contribution in [3.05, 3.63) is 116 Å². The van der Waals surface area contributed by atoms with Crippen molar-refractivity contribution in [3.63, 3.8) is 0 Å². The molecule has 8 rings (SSSR count). The van der Waals surface area contributed by atoms with Gasteiger partial charge in [0.2, 0.25) is 0 Å². The van der Waals surface area contributed by atoms with Crippen molar-refractivity contribution < 1.29 is 20.4 Å². The van der Waals surface area contributed by atoms with E-state index in [2.05, 4.69) is 99.0 Å². The van der Waals surface area contributed by atoms with Crippen LogP contribution in [0.25, 0.3) is 33.6 Å². The number of fused-ring (bicyclic) bond motifs is 11. The van der Waals surface area contributed by atoms with Gasteiger partial charge in [0, 0.05) is 12.4 Å². The van der Waals surface area contributed by atoms with Crippen molar-refractivity contribution in [3.8, 4) is 33.6 Å². The van der Waals surface area contributed by atoms with Gasteiger partial charge < -0.3 is 4.81 Å². The Kier molecular flexibility index (Phi) is 5.00. The summed E-state index contributed by atoms with van der Waals surface area (Å²) >= 11 is 0. The zero-order valence-corrected chi connectivity index (χ0v) is 20.9. The number of nitrogens with zero attached hydrogens (tertiary/aromatic N) is 6. The minimum Gasteiger partial charge on any atom is -0.418 e. The van der Waals surface area contributed by atoms with Crippen LogP contribution in [0.4, 0.5) is 11.4 Å². The molecule has 6 nitrogen and oxygen atoms in total. The first-order valence-electron chi connectivity index (χ1n) is 11.8. The molecule has 0 N–H and O–H groups in total. The number of hydrogen-bond donors (Lipinski definition) is 0. The normalized spacial score (nSPS) is 12.5. The van der Waals surface area contributed by atoms with Crippen LogP contribution < -0.4 is 15.7 Å². The molecule has 0 spiro atoms. The molecule has 0 unspecified atom stereocenters. The summed E-state index contributed by atoms with van der Waals surface area (Å²) < 4.78 is 1.85. The Hall–Kier alpha value is -4.24. The molecule has 4 aromatic carbocycles. The number of hydrogen-bond acceptors (Lipinski definition) is 4. The molecule has 0 atom stereocenters. The van der Waals surface area contributed by atoms with Crippen molar-refractivity contribution in [2.24, 2.45) is 0 Å². The Balaban J connectivity index is 0.00000231. The van der Waals surface area contributed by atoms with Crippen molar-refractivity contribution in [2.75, 3.05) is 4.81 Å². The largest absolute Gasteiger partial charge is 2.00 e. The van der Waals surface area contributed by atoms with Crippen LogP contribution in [0.1, 0.15) is 0 Å². The standard InChI is InChI=1S/C29H17BN6.Pd/c1-3-8-26-22(6-1)24-12-10-20(34-17-5-14-31-34)18-28(24)35-29-19-21(36-32-15-16-33-36)11-13-25(29)23-7-2-4-9-27(23)30(26)35;/h1-17H;/q-2;+2. The van der Waals surface area contributed by atoms with E-state index in [0.29, 0.717) is 0 Å². The Morgan fingerprint density at radius 3 is 1.78 bits per heavy atom. The van der Waals surface area contributed by atoms with E-state index in [1.807, 2.05) is 23.0 Å². The summed E-state index contributed by atoms with van der Waals surface area (Å²) in [7, 11) is 0. The predicted molar refractivity (Wildman–Crippen MR) is 141 cm³/mol. The zero-order chi connectivity index (χ0) is 23.6. The molecule has 0 bridgehead atoms. The maximum absolute atomic E-state index is 4.45. The zero-order valence-electron chi connectivity index (χ0n) is 19.4. The van der Waals surface area contributed by atoms with Crippen LogP contribution in [0.5, 0.6) is 0 Å². The van der Waals surface area contributed by atoms with Gasteiger partial charge in [-0.25, -0.2) is 0 Å². The average molecular weight is 567 g/mol. The second-order valence-corrected chi connectivity index (χ2v) is 8.93. The van der Waals surface area contributed by atoms with Crippen LogP contribution in [-0.2, 0) is 20.4 Å². The maximum atomic E-state index is 4.45. The fourth-order valence-electron chi connectivity index (χ4n) is 5.54. The van der Waals surface area contributed by atoms with E-state index in [1.54, 1.807) is 23.4 Å². The van der Waals surface area contributed by atoms with Gasteiger partial charge in [-0.1, -0.05) is 82.0 Å². The van der Waals surface area contributed by atoms with Crippen molar-refractivity contribution in [2.45, 2.75) is 0 Å². The van der Waals surface area contributed by atoms with Crippen molar-refractivity contribution in [1.29, 1.82) is 0 Å². The summed E-state index contributed by atoms with van der Waals surface area (Å²) in [6.45, 7) is -0.0152. The maximum Gasteiger partial charge on any atom is 2.00 e. The molecule has 37 heavy (non-hydrogen) atoms. The van der Waals surface area contributed by atoms with Gasteiger partial charge in [0.25, 0.3) is 0 Å². The number of rotatable bonds is 2. The topological polar surface area (TPSA) is 51.8 Å².